The summed E-state index contributed by atoms with van der Waals surface area (Å²) in [5, 5.41) is 5.68. The van der Waals surface area contributed by atoms with Crippen molar-refractivity contribution in [2.24, 2.45) is 0 Å². The number of anilines is 2. The van der Waals surface area contributed by atoms with Crippen LogP contribution < -0.4 is 24.8 Å². The Morgan fingerprint density at radius 1 is 0.595 bits per heavy atom. The topological polar surface area (TPSA) is 85.9 Å². The number of para-hydroxylation sites is 2. The van der Waals surface area contributed by atoms with Gasteiger partial charge in [-0.1, -0.05) is 30.3 Å². The predicted octanol–water partition coefficient (Wildman–Crippen LogP) is 6.05. The highest BCUT2D eigenvalue weighted by Crippen LogP contribution is 2.21. The molecule has 0 bridgehead atoms. The summed E-state index contributed by atoms with van der Waals surface area (Å²) in [7, 11) is 0. The van der Waals surface area contributed by atoms with E-state index in [1.807, 2.05) is 37.3 Å². The molecule has 0 spiro atoms. The first kappa shape index (κ1) is 25.3. The van der Waals surface area contributed by atoms with Crippen LogP contribution in [0.2, 0.25) is 0 Å². The molecule has 2 N–H and O–H groups in total. The first-order valence-electron chi connectivity index (χ1n) is 12.0. The summed E-state index contributed by atoms with van der Waals surface area (Å²) in [6.07, 6.45) is 0. The second-order valence-electron chi connectivity index (χ2n) is 7.95. The van der Waals surface area contributed by atoms with Crippen molar-refractivity contribution in [3.8, 4) is 17.2 Å². The SMILES string of the molecule is CCOc1ccc(NC(=O)c2ccccc2NC(=O)c2ccc(OCCOc3ccccc3)cc2)cc1. The summed E-state index contributed by atoms with van der Waals surface area (Å²) in [6.45, 7) is 3.25. The van der Waals surface area contributed by atoms with E-state index < -0.39 is 0 Å². The third kappa shape index (κ3) is 7.35. The maximum atomic E-state index is 12.9. The quantitative estimate of drug-likeness (QED) is 0.247. The van der Waals surface area contributed by atoms with E-state index in [1.54, 1.807) is 72.8 Å². The standard InChI is InChI=1S/C30H28N2O5/c1-2-35-25-18-14-23(15-19-25)31-30(34)27-10-6-7-11-28(27)32-29(33)22-12-16-26(17-13-22)37-21-20-36-24-8-4-3-5-9-24/h3-19H,2,20-21H2,1H3,(H,31,34)(H,32,33). The molecule has 0 saturated carbocycles. The van der Waals surface area contributed by atoms with Crippen LogP contribution in [0.5, 0.6) is 17.2 Å². The molecular formula is C30H28N2O5. The second-order valence-corrected chi connectivity index (χ2v) is 7.95. The molecular weight excluding hydrogens is 468 g/mol. The lowest BCUT2D eigenvalue weighted by atomic mass is 10.1. The summed E-state index contributed by atoms with van der Waals surface area (Å²) in [6, 6.07) is 30.3. The Balaban J connectivity index is 1.32. The van der Waals surface area contributed by atoms with Crippen molar-refractivity contribution in [1.82, 2.24) is 0 Å². The highest BCUT2D eigenvalue weighted by molar-refractivity contribution is 6.12. The van der Waals surface area contributed by atoms with Gasteiger partial charge in [-0.25, -0.2) is 0 Å². The zero-order valence-electron chi connectivity index (χ0n) is 20.5. The minimum absolute atomic E-state index is 0.332. The Morgan fingerprint density at radius 3 is 1.84 bits per heavy atom. The normalized spacial score (nSPS) is 10.3. The van der Waals surface area contributed by atoms with E-state index >= 15 is 0 Å². The average molecular weight is 497 g/mol. The number of hydrogen-bond acceptors (Lipinski definition) is 5. The van der Waals surface area contributed by atoms with Gasteiger partial charge in [0, 0.05) is 11.3 Å². The molecule has 0 aromatic heterocycles. The summed E-state index contributed by atoms with van der Waals surface area (Å²) in [5.41, 5.74) is 1.83. The minimum Gasteiger partial charge on any atom is -0.494 e. The van der Waals surface area contributed by atoms with Gasteiger partial charge in [0.1, 0.15) is 30.5 Å². The molecule has 7 heteroatoms. The van der Waals surface area contributed by atoms with Crippen LogP contribution in [-0.4, -0.2) is 31.6 Å². The highest BCUT2D eigenvalue weighted by atomic mass is 16.5. The van der Waals surface area contributed by atoms with Crippen LogP contribution >= 0.6 is 0 Å². The Bertz CT molecular complexity index is 1310. The van der Waals surface area contributed by atoms with Crippen LogP contribution in [0.1, 0.15) is 27.6 Å². The van der Waals surface area contributed by atoms with Gasteiger partial charge in [0.15, 0.2) is 0 Å². The van der Waals surface area contributed by atoms with Crippen LogP contribution in [0.4, 0.5) is 11.4 Å². The fourth-order valence-corrected chi connectivity index (χ4v) is 3.52. The van der Waals surface area contributed by atoms with Gasteiger partial charge in [-0.15, -0.1) is 0 Å². The van der Waals surface area contributed by atoms with Gasteiger partial charge in [0.25, 0.3) is 11.8 Å². The van der Waals surface area contributed by atoms with Crippen molar-refractivity contribution < 1.29 is 23.8 Å². The largest absolute Gasteiger partial charge is 0.494 e. The number of amides is 2. The van der Waals surface area contributed by atoms with Crippen molar-refractivity contribution >= 4 is 23.2 Å². The van der Waals surface area contributed by atoms with Crippen molar-refractivity contribution in [2.45, 2.75) is 6.92 Å². The number of carbonyl (C=O) groups is 2. The maximum Gasteiger partial charge on any atom is 0.257 e. The van der Waals surface area contributed by atoms with Gasteiger partial charge in [0.05, 0.1) is 17.9 Å². The zero-order valence-corrected chi connectivity index (χ0v) is 20.5. The first-order valence-corrected chi connectivity index (χ1v) is 12.0. The molecule has 0 aliphatic rings. The van der Waals surface area contributed by atoms with Crippen LogP contribution in [-0.2, 0) is 0 Å². The average Bonchev–Trinajstić information content (AvgIpc) is 2.93. The number of benzene rings is 4. The van der Waals surface area contributed by atoms with Crippen LogP contribution in [0.3, 0.4) is 0 Å². The number of nitrogens with one attached hydrogen (secondary N) is 2. The maximum absolute atomic E-state index is 12.9. The van der Waals surface area contributed by atoms with Crippen molar-refractivity contribution in [3.05, 3.63) is 114 Å². The molecule has 4 aromatic carbocycles. The number of hydrogen-bond donors (Lipinski definition) is 2. The zero-order chi connectivity index (χ0) is 25.9. The van der Waals surface area contributed by atoms with E-state index in [4.69, 9.17) is 14.2 Å². The predicted molar refractivity (Wildman–Crippen MR) is 144 cm³/mol. The van der Waals surface area contributed by atoms with E-state index in [0.29, 0.717) is 48.1 Å². The molecule has 4 rings (SSSR count). The summed E-state index contributed by atoms with van der Waals surface area (Å²) in [5.74, 6) is 1.47. The van der Waals surface area contributed by atoms with Crippen molar-refractivity contribution in [3.63, 3.8) is 0 Å². The molecule has 0 unspecified atom stereocenters. The number of carbonyl (C=O) groups excluding carboxylic acids is 2. The Morgan fingerprint density at radius 2 is 1.16 bits per heavy atom. The van der Waals surface area contributed by atoms with Gasteiger partial charge in [0.2, 0.25) is 0 Å². The minimum atomic E-state index is -0.333. The van der Waals surface area contributed by atoms with Gasteiger partial charge in [-0.2, -0.15) is 0 Å². The Kier molecular flexibility index (Phi) is 8.75. The van der Waals surface area contributed by atoms with Crippen LogP contribution in [0.25, 0.3) is 0 Å². The van der Waals surface area contributed by atoms with E-state index in [-0.39, 0.29) is 11.8 Å². The highest BCUT2D eigenvalue weighted by Gasteiger charge is 2.14. The van der Waals surface area contributed by atoms with Crippen LogP contribution in [0.15, 0.2) is 103 Å². The molecule has 0 atom stereocenters. The lowest BCUT2D eigenvalue weighted by Crippen LogP contribution is -2.18. The lowest BCUT2D eigenvalue weighted by molar-refractivity contribution is 0.102. The molecule has 188 valence electrons. The summed E-state index contributed by atoms with van der Waals surface area (Å²) in [4.78, 5) is 25.8. The molecule has 0 radical (unpaired) electrons. The molecule has 0 fully saturated rings. The fourth-order valence-electron chi connectivity index (χ4n) is 3.52. The van der Waals surface area contributed by atoms with Gasteiger partial charge in [-0.3, -0.25) is 9.59 Å². The van der Waals surface area contributed by atoms with Gasteiger partial charge in [-0.05, 0) is 79.7 Å². The molecule has 37 heavy (non-hydrogen) atoms. The van der Waals surface area contributed by atoms with E-state index in [2.05, 4.69) is 10.6 Å². The number of rotatable bonds is 11. The van der Waals surface area contributed by atoms with Gasteiger partial charge < -0.3 is 24.8 Å². The fraction of sp³-hybridized carbons (Fsp3) is 0.133. The molecule has 0 aliphatic heterocycles. The van der Waals surface area contributed by atoms with E-state index in [1.165, 1.54) is 0 Å². The molecule has 2 amide bonds. The number of ether oxygens (including phenoxy) is 3. The third-order valence-corrected chi connectivity index (χ3v) is 5.32. The lowest BCUT2D eigenvalue weighted by Gasteiger charge is -2.12. The summed E-state index contributed by atoms with van der Waals surface area (Å²) < 4.78 is 16.7. The Labute approximate surface area is 216 Å². The molecule has 0 aliphatic carbocycles. The molecule has 0 saturated heterocycles. The van der Waals surface area contributed by atoms with Gasteiger partial charge >= 0.3 is 0 Å². The van der Waals surface area contributed by atoms with Crippen molar-refractivity contribution in [2.75, 3.05) is 30.5 Å². The third-order valence-electron chi connectivity index (χ3n) is 5.32. The van der Waals surface area contributed by atoms with E-state index in [0.717, 1.165) is 11.5 Å². The first-order chi connectivity index (χ1) is 18.1. The molecule has 4 aromatic rings. The van der Waals surface area contributed by atoms with E-state index in [9.17, 15) is 9.59 Å². The van der Waals surface area contributed by atoms with Crippen LogP contribution in [0, 0.1) is 0 Å². The second kappa shape index (κ2) is 12.8. The summed E-state index contributed by atoms with van der Waals surface area (Å²) >= 11 is 0. The monoisotopic (exact) mass is 496 g/mol. The molecule has 0 heterocycles. The Hall–Kier alpha value is -4.78. The molecule has 7 nitrogen and oxygen atoms in total. The van der Waals surface area contributed by atoms with Crippen molar-refractivity contribution in [1.29, 1.82) is 0 Å². The smallest absolute Gasteiger partial charge is 0.257 e.